The van der Waals surface area contributed by atoms with Crippen LogP contribution in [0.1, 0.15) is 18.2 Å². The average Bonchev–Trinajstić information content (AvgIpc) is 3.26. The molecule has 1 aliphatic rings. The summed E-state index contributed by atoms with van der Waals surface area (Å²) < 4.78 is 17.7. The first-order valence-corrected chi connectivity index (χ1v) is 8.06. The molecule has 1 N–H and O–H groups in total. The van der Waals surface area contributed by atoms with Crippen molar-refractivity contribution in [3.05, 3.63) is 57.5 Å². The van der Waals surface area contributed by atoms with Crippen LogP contribution in [0.4, 0.5) is 4.39 Å². The molecule has 3 heterocycles. The molecule has 0 fully saturated rings. The van der Waals surface area contributed by atoms with Gasteiger partial charge in [0.1, 0.15) is 6.33 Å². The van der Waals surface area contributed by atoms with Crippen LogP contribution in [0.25, 0.3) is 16.8 Å². The highest BCUT2D eigenvalue weighted by Crippen LogP contribution is 2.34. The minimum atomic E-state index is -0.643. The molecule has 0 saturated carbocycles. The Morgan fingerprint density at radius 2 is 2.20 bits per heavy atom. The molecule has 25 heavy (non-hydrogen) atoms. The lowest BCUT2D eigenvalue weighted by atomic mass is 10.0. The summed E-state index contributed by atoms with van der Waals surface area (Å²) in [5.74, 6) is -0.643. The van der Waals surface area contributed by atoms with Crippen molar-refractivity contribution in [3.8, 4) is 16.8 Å². The molecule has 0 saturated heterocycles. The summed E-state index contributed by atoms with van der Waals surface area (Å²) in [5.41, 5.74) is 1.41. The number of nitrogens with zero attached hydrogens (tertiary/aromatic N) is 5. The van der Waals surface area contributed by atoms with E-state index in [1.807, 2.05) is 0 Å². The molecule has 0 aliphatic carbocycles. The number of aromatic nitrogens is 5. The summed E-state index contributed by atoms with van der Waals surface area (Å²) in [4.78, 5) is 12.5. The number of hydrogen-bond donors (Lipinski definition) is 1. The van der Waals surface area contributed by atoms with Gasteiger partial charge in [-0.15, -0.1) is 5.10 Å². The zero-order valence-corrected chi connectivity index (χ0v) is 13.7. The molecule has 1 atom stereocenters. The van der Waals surface area contributed by atoms with E-state index in [2.05, 4.69) is 15.5 Å². The van der Waals surface area contributed by atoms with Crippen LogP contribution < -0.4 is 5.56 Å². The standard InChI is InChI=1S/C16H13ClFN5O2/c17-12-3-4-13(22-8-19-20-21-22)15(16(12)18)9-5-10-1-2-11(7-24)23(10)14(25)6-9/h3-6,8,11,24H,1-2,7H2/t11-/m0/s1. The quantitative estimate of drug-likeness (QED) is 0.768. The fraction of sp³-hybridized carbons (Fsp3) is 0.250. The Kier molecular flexibility index (Phi) is 3.85. The van der Waals surface area contributed by atoms with Crippen molar-refractivity contribution in [3.63, 3.8) is 0 Å². The minimum Gasteiger partial charge on any atom is -0.394 e. The van der Waals surface area contributed by atoms with Gasteiger partial charge in [0.2, 0.25) is 0 Å². The third-order valence-corrected chi connectivity index (χ3v) is 4.71. The smallest absolute Gasteiger partial charge is 0.251 e. The second-order valence-corrected chi connectivity index (χ2v) is 6.24. The lowest BCUT2D eigenvalue weighted by Gasteiger charge is -2.15. The highest BCUT2D eigenvalue weighted by molar-refractivity contribution is 6.31. The van der Waals surface area contributed by atoms with Crippen molar-refractivity contribution in [2.24, 2.45) is 0 Å². The van der Waals surface area contributed by atoms with Gasteiger partial charge in [-0.1, -0.05) is 11.6 Å². The van der Waals surface area contributed by atoms with Crippen LogP contribution in [0, 0.1) is 5.82 Å². The van der Waals surface area contributed by atoms with E-state index in [1.165, 1.54) is 23.1 Å². The molecule has 0 spiro atoms. The van der Waals surface area contributed by atoms with Gasteiger partial charge in [-0.05, 0) is 47.0 Å². The van der Waals surface area contributed by atoms with Crippen LogP contribution in [-0.4, -0.2) is 36.5 Å². The number of halogens is 2. The number of fused-ring (bicyclic) bond motifs is 1. The van der Waals surface area contributed by atoms with E-state index in [-0.39, 0.29) is 28.8 Å². The number of aliphatic hydroxyl groups excluding tert-OH is 1. The zero-order valence-electron chi connectivity index (χ0n) is 12.9. The molecular formula is C16H13ClFN5O2. The Bertz CT molecular complexity index is 1000. The SMILES string of the molecule is O=c1cc(-c2c(-n3cnnn3)ccc(Cl)c2F)cc2n1[C@H](CO)CC2. The van der Waals surface area contributed by atoms with Gasteiger partial charge in [0, 0.05) is 17.3 Å². The number of pyridine rings is 1. The van der Waals surface area contributed by atoms with Crippen LogP contribution in [-0.2, 0) is 6.42 Å². The van der Waals surface area contributed by atoms with Crippen molar-refractivity contribution in [2.75, 3.05) is 6.61 Å². The maximum Gasteiger partial charge on any atom is 0.251 e. The molecule has 9 heteroatoms. The molecule has 0 unspecified atom stereocenters. The van der Waals surface area contributed by atoms with Crippen molar-refractivity contribution in [2.45, 2.75) is 18.9 Å². The van der Waals surface area contributed by atoms with Crippen molar-refractivity contribution < 1.29 is 9.50 Å². The van der Waals surface area contributed by atoms with Gasteiger partial charge in [0.05, 0.1) is 23.4 Å². The van der Waals surface area contributed by atoms with E-state index in [4.69, 9.17) is 11.6 Å². The lowest BCUT2D eigenvalue weighted by molar-refractivity contribution is 0.231. The second kappa shape index (κ2) is 6.05. The van der Waals surface area contributed by atoms with Crippen LogP contribution in [0.3, 0.4) is 0 Å². The third kappa shape index (κ3) is 2.54. The van der Waals surface area contributed by atoms with Gasteiger partial charge in [-0.3, -0.25) is 4.79 Å². The zero-order chi connectivity index (χ0) is 17.6. The Hall–Kier alpha value is -2.58. The molecule has 0 radical (unpaired) electrons. The van der Waals surface area contributed by atoms with Crippen molar-refractivity contribution in [1.29, 1.82) is 0 Å². The number of aliphatic hydroxyl groups is 1. The Balaban J connectivity index is 1.96. The predicted molar refractivity (Wildman–Crippen MR) is 88.3 cm³/mol. The van der Waals surface area contributed by atoms with Crippen molar-refractivity contribution >= 4 is 11.6 Å². The van der Waals surface area contributed by atoms with Gasteiger partial charge in [0.15, 0.2) is 5.82 Å². The Morgan fingerprint density at radius 1 is 1.36 bits per heavy atom. The van der Waals surface area contributed by atoms with E-state index < -0.39 is 5.82 Å². The minimum absolute atomic E-state index is 0.0549. The molecule has 1 aliphatic heterocycles. The van der Waals surface area contributed by atoms with E-state index in [9.17, 15) is 14.3 Å². The van der Waals surface area contributed by atoms with Crippen LogP contribution in [0.2, 0.25) is 5.02 Å². The molecule has 0 amide bonds. The monoisotopic (exact) mass is 361 g/mol. The van der Waals surface area contributed by atoms with E-state index in [0.29, 0.717) is 24.1 Å². The number of tetrazole rings is 1. The van der Waals surface area contributed by atoms with Crippen molar-refractivity contribution in [1.82, 2.24) is 24.8 Å². The largest absolute Gasteiger partial charge is 0.394 e. The highest BCUT2D eigenvalue weighted by atomic mass is 35.5. The molecule has 1 aromatic carbocycles. The molecule has 3 aromatic rings. The summed E-state index contributed by atoms with van der Waals surface area (Å²) >= 11 is 5.95. The first-order chi connectivity index (χ1) is 12.1. The number of hydrogen-bond acceptors (Lipinski definition) is 5. The van der Waals surface area contributed by atoms with E-state index in [0.717, 1.165) is 5.69 Å². The fourth-order valence-corrected chi connectivity index (χ4v) is 3.44. The number of rotatable bonds is 3. The van der Waals surface area contributed by atoms with Gasteiger partial charge in [-0.2, -0.15) is 4.68 Å². The lowest BCUT2D eigenvalue weighted by Crippen LogP contribution is -2.24. The fourth-order valence-electron chi connectivity index (χ4n) is 3.28. The average molecular weight is 362 g/mol. The summed E-state index contributed by atoms with van der Waals surface area (Å²) in [6, 6.07) is 5.87. The van der Waals surface area contributed by atoms with Crippen LogP contribution in [0.15, 0.2) is 35.4 Å². The normalized spacial score (nSPS) is 16.2. The van der Waals surface area contributed by atoms with Crippen LogP contribution >= 0.6 is 11.6 Å². The first kappa shape index (κ1) is 15.9. The van der Waals surface area contributed by atoms with Gasteiger partial charge in [-0.25, -0.2) is 4.39 Å². The maximum absolute atomic E-state index is 14.8. The number of aryl methyl sites for hydroxylation is 1. The predicted octanol–water partition coefficient (Wildman–Crippen LogP) is 1.76. The summed E-state index contributed by atoms with van der Waals surface area (Å²) in [7, 11) is 0. The highest BCUT2D eigenvalue weighted by Gasteiger charge is 2.25. The van der Waals surface area contributed by atoms with Crippen LogP contribution in [0.5, 0.6) is 0 Å². The molecule has 2 aromatic heterocycles. The second-order valence-electron chi connectivity index (χ2n) is 5.83. The molecule has 4 rings (SSSR count). The number of benzene rings is 1. The van der Waals surface area contributed by atoms with Gasteiger partial charge in [0.25, 0.3) is 5.56 Å². The molecular weight excluding hydrogens is 349 g/mol. The topological polar surface area (TPSA) is 85.8 Å². The first-order valence-electron chi connectivity index (χ1n) is 7.68. The van der Waals surface area contributed by atoms with E-state index in [1.54, 1.807) is 16.7 Å². The van der Waals surface area contributed by atoms with E-state index >= 15 is 0 Å². The summed E-state index contributed by atoms with van der Waals surface area (Å²) in [6.07, 6.45) is 2.65. The maximum atomic E-state index is 14.8. The molecule has 128 valence electrons. The van der Waals surface area contributed by atoms with Gasteiger partial charge < -0.3 is 9.67 Å². The Morgan fingerprint density at radius 3 is 2.92 bits per heavy atom. The van der Waals surface area contributed by atoms with Gasteiger partial charge >= 0.3 is 0 Å². The summed E-state index contributed by atoms with van der Waals surface area (Å²) in [6.45, 7) is -0.104. The third-order valence-electron chi connectivity index (χ3n) is 4.41. The summed E-state index contributed by atoms with van der Waals surface area (Å²) in [5, 5.41) is 20.3. The Labute approximate surface area is 146 Å². The molecule has 7 nitrogen and oxygen atoms in total. The molecule has 0 bridgehead atoms.